The normalized spacial score (nSPS) is 15.7. The van der Waals surface area contributed by atoms with Crippen molar-refractivity contribution in [2.24, 2.45) is 5.92 Å². The monoisotopic (exact) mass is 443 g/mol. The maximum absolute atomic E-state index is 13.1. The summed E-state index contributed by atoms with van der Waals surface area (Å²) in [6.45, 7) is 3.65. The number of aryl methyl sites for hydroxylation is 1. The molecule has 166 valence electrons. The number of hydrogen-bond donors (Lipinski definition) is 0. The lowest BCUT2D eigenvalue weighted by Gasteiger charge is -2.33. The fourth-order valence-electron chi connectivity index (χ4n) is 4.22. The molecule has 4 heterocycles. The van der Waals surface area contributed by atoms with Gasteiger partial charge in [-0.3, -0.25) is 9.36 Å². The van der Waals surface area contributed by atoms with Gasteiger partial charge in [0.05, 0.1) is 10.9 Å². The molecule has 1 saturated heterocycles. The highest BCUT2D eigenvalue weighted by molar-refractivity contribution is 5.77. The lowest BCUT2D eigenvalue weighted by atomic mass is 9.96. The summed E-state index contributed by atoms with van der Waals surface area (Å²) in [6, 6.07) is 10.4. The smallest absolute Gasteiger partial charge is 0.355 e. The van der Waals surface area contributed by atoms with E-state index in [0.717, 1.165) is 17.4 Å². The first-order chi connectivity index (χ1) is 15.3. The first-order valence-electron chi connectivity index (χ1n) is 10.3. The SMILES string of the molecule is Cc1nc2ccccc2c(=O)n1CC1CCN(c2ccc3nnc(C(F)(F)F)n3n2)CC1. The summed E-state index contributed by atoms with van der Waals surface area (Å²) in [6.07, 6.45) is -3.06. The van der Waals surface area contributed by atoms with Crippen LogP contribution in [0.25, 0.3) is 16.6 Å². The number of anilines is 1. The molecule has 3 aromatic heterocycles. The highest BCUT2D eigenvalue weighted by Gasteiger charge is 2.38. The second-order valence-electron chi connectivity index (χ2n) is 8.01. The summed E-state index contributed by atoms with van der Waals surface area (Å²) in [5, 5.41) is 11.5. The lowest BCUT2D eigenvalue weighted by Crippen LogP contribution is -2.37. The Balaban J connectivity index is 1.33. The molecule has 1 aromatic carbocycles. The van der Waals surface area contributed by atoms with E-state index < -0.39 is 12.0 Å². The van der Waals surface area contributed by atoms with Crippen molar-refractivity contribution in [3.63, 3.8) is 0 Å². The second-order valence-corrected chi connectivity index (χ2v) is 8.01. The zero-order valence-electron chi connectivity index (χ0n) is 17.2. The first-order valence-corrected chi connectivity index (χ1v) is 10.3. The molecule has 0 bridgehead atoms. The number of fused-ring (bicyclic) bond motifs is 2. The third kappa shape index (κ3) is 3.57. The van der Waals surface area contributed by atoms with Gasteiger partial charge in [-0.2, -0.15) is 17.7 Å². The van der Waals surface area contributed by atoms with E-state index in [1.54, 1.807) is 16.7 Å². The van der Waals surface area contributed by atoms with Gasteiger partial charge in [-0.15, -0.1) is 15.3 Å². The van der Waals surface area contributed by atoms with E-state index >= 15 is 0 Å². The van der Waals surface area contributed by atoms with Crippen molar-refractivity contribution < 1.29 is 13.2 Å². The van der Waals surface area contributed by atoms with Crippen LogP contribution in [0.4, 0.5) is 19.0 Å². The molecule has 0 atom stereocenters. The van der Waals surface area contributed by atoms with Crippen LogP contribution in [0.2, 0.25) is 0 Å². The van der Waals surface area contributed by atoms with E-state index in [9.17, 15) is 18.0 Å². The third-order valence-corrected chi connectivity index (χ3v) is 5.93. The number of piperidine rings is 1. The van der Waals surface area contributed by atoms with Crippen LogP contribution in [0.15, 0.2) is 41.2 Å². The molecule has 0 amide bonds. The molecule has 1 aliphatic rings. The molecule has 1 aliphatic heterocycles. The Labute approximate surface area is 180 Å². The summed E-state index contributed by atoms with van der Waals surface area (Å²) >= 11 is 0. The Morgan fingerprint density at radius 1 is 1.06 bits per heavy atom. The fraction of sp³-hybridized carbons (Fsp3) is 0.381. The van der Waals surface area contributed by atoms with E-state index in [-0.39, 0.29) is 17.1 Å². The Morgan fingerprint density at radius 2 is 1.81 bits per heavy atom. The Hall–Kier alpha value is -3.50. The Morgan fingerprint density at radius 3 is 2.56 bits per heavy atom. The molecule has 0 saturated carbocycles. The number of para-hydroxylation sites is 1. The molecule has 0 N–H and O–H groups in total. The van der Waals surface area contributed by atoms with Crippen molar-refractivity contribution in [1.29, 1.82) is 0 Å². The molecule has 1 fully saturated rings. The number of halogens is 3. The predicted octanol–water partition coefficient (Wildman–Crippen LogP) is 3.08. The summed E-state index contributed by atoms with van der Waals surface area (Å²) in [7, 11) is 0. The molecule has 0 radical (unpaired) electrons. The van der Waals surface area contributed by atoms with E-state index in [4.69, 9.17) is 0 Å². The van der Waals surface area contributed by atoms with Crippen molar-refractivity contribution in [1.82, 2.24) is 29.4 Å². The summed E-state index contributed by atoms with van der Waals surface area (Å²) in [4.78, 5) is 19.4. The third-order valence-electron chi connectivity index (χ3n) is 5.93. The van der Waals surface area contributed by atoms with Gasteiger partial charge < -0.3 is 4.90 Å². The van der Waals surface area contributed by atoms with Gasteiger partial charge in [-0.25, -0.2) is 4.98 Å². The highest BCUT2D eigenvalue weighted by atomic mass is 19.4. The Kier molecular flexibility index (Phi) is 4.83. The second kappa shape index (κ2) is 7.57. The zero-order chi connectivity index (χ0) is 22.5. The minimum absolute atomic E-state index is 0.0464. The largest absolute Gasteiger partial charge is 0.453 e. The van der Waals surface area contributed by atoms with Crippen LogP contribution in [-0.2, 0) is 12.7 Å². The van der Waals surface area contributed by atoms with Crippen LogP contribution in [0.5, 0.6) is 0 Å². The van der Waals surface area contributed by atoms with Crippen LogP contribution in [0, 0.1) is 12.8 Å². The predicted molar refractivity (Wildman–Crippen MR) is 111 cm³/mol. The van der Waals surface area contributed by atoms with Crippen LogP contribution in [0.1, 0.15) is 24.5 Å². The van der Waals surface area contributed by atoms with Gasteiger partial charge in [0.25, 0.3) is 11.4 Å². The average Bonchev–Trinajstić information content (AvgIpc) is 3.21. The number of rotatable bonds is 3. The number of hydrogen-bond acceptors (Lipinski definition) is 6. The highest BCUT2D eigenvalue weighted by Crippen LogP contribution is 2.29. The van der Waals surface area contributed by atoms with E-state index in [2.05, 4.69) is 20.3 Å². The standard InChI is InChI=1S/C21H20F3N7O/c1-13-25-16-5-3-2-4-15(16)19(32)30(13)12-14-8-10-29(11-9-14)18-7-6-17-26-27-20(21(22,23)24)31(17)28-18/h2-7,14H,8-12H2,1H3. The molecule has 8 nitrogen and oxygen atoms in total. The van der Waals surface area contributed by atoms with Crippen LogP contribution in [0.3, 0.4) is 0 Å². The van der Waals surface area contributed by atoms with Gasteiger partial charge >= 0.3 is 6.18 Å². The molecule has 0 aliphatic carbocycles. The maximum Gasteiger partial charge on any atom is 0.453 e. The van der Waals surface area contributed by atoms with Gasteiger partial charge in [-0.05, 0) is 49.9 Å². The fourth-order valence-corrected chi connectivity index (χ4v) is 4.22. The molecule has 11 heteroatoms. The lowest BCUT2D eigenvalue weighted by molar-refractivity contribution is -0.146. The summed E-state index contributed by atoms with van der Waals surface area (Å²) < 4.78 is 41.9. The molecule has 32 heavy (non-hydrogen) atoms. The van der Waals surface area contributed by atoms with Crippen molar-refractivity contribution in [2.45, 2.75) is 32.5 Å². The summed E-state index contributed by atoms with van der Waals surface area (Å²) in [5.41, 5.74) is 0.694. The maximum atomic E-state index is 13.1. The molecule has 0 unspecified atom stereocenters. The van der Waals surface area contributed by atoms with Crippen molar-refractivity contribution in [3.05, 3.63) is 58.4 Å². The van der Waals surface area contributed by atoms with Crippen LogP contribution in [-0.4, -0.2) is 42.5 Å². The minimum Gasteiger partial charge on any atom is -0.355 e. The quantitative estimate of drug-likeness (QED) is 0.484. The van der Waals surface area contributed by atoms with Crippen LogP contribution < -0.4 is 10.5 Å². The van der Waals surface area contributed by atoms with E-state index in [0.29, 0.717) is 42.2 Å². The van der Waals surface area contributed by atoms with Crippen molar-refractivity contribution in [3.8, 4) is 0 Å². The molecule has 5 rings (SSSR count). The van der Waals surface area contributed by atoms with Gasteiger partial charge in [0, 0.05) is 19.6 Å². The number of alkyl halides is 3. The summed E-state index contributed by atoms with van der Waals surface area (Å²) in [5.74, 6) is 0.246. The van der Waals surface area contributed by atoms with Gasteiger partial charge in [-0.1, -0.05) is 12.1 Å². The zero-order valence-corrected chi connectivity index (χ0v) is 17.2. The van der Waals surface area contributed by atoms with E-state index in [1.807, 2.05) is 30.0 Å². The topological polar surface area (TPSA) is 81.2 Å². The van der Waals surface area contributed by atoms with Gasteiger partial charge in [0.2, 0.25) is 0 Å². The van der Waals surface area contributed by atoms with Crippen LogP contribution >= 0.6 is 0 Å². The average molecular weight is 443 g/mol. The Bertz CT molecular complexity index is 1350. The van der Waals surface area contributed by atoms with Crippen molar-refractivity contribution in [2.75, 3.05) is 18.0 Å². The number of aromatic nitrogens is 6. The number of nitrogens with zero attached hydrogens (tertiary/aromatic N) is 7. The molecule has 4 aromatic rings. The number of benzene rings is 1. The molecule has 0 spiro atoms. The minimum atomic E-state index is -4.63. The first kappa shape index (κ1) is 20.4. The molecular formula is C21H20F3N7O. The van der Waals surface area contributed by atoms with E-state index in [1.165, 1.54) is 6.07 Å². The molecular weight excluding hydrogens is 423 g/mol. The van der Waals surface area contributed by atoms with Gasteiger partial charge in [0.15, 0.2) is 5.65 Å². The van der Waals surface area contributed by atoms with Gasteiger partial charge in [0.1, 0.15) is 11.6 Å². The van der Waals surface area contributed by atoms with Crippen molar-refractivity contribution >= 4 is 22.4 Å².